The molecule has 0 unspecified atom stereocenters. The molecule has 1 aromatic carbocycles. The van der Waals surface area contributed by atoms with Crippen molar-refractivity contribution in [3.8, 4) is 0 Å². The van der Waals surface area contributed by atoms with Crippen molar-refractivity contribution >= 4 is 17.5 Å². The number of halogens is 1. The van der Waals surface area contributed by atoms with Gasteiger partial charge in [0.25, 0.3) is 5.91 Å². The zero-order valence-corrected chi connectivity index (χ0v) is 11.1. The summed E-state index contributed by atoms with van der Waals surface area (Å²) in [6, 6.07) is 3.80. The van der Waals surface area contributed by atoms with Gasteiger partial charge in [-0.05, 0) is 32.0 Å². The van der Waals surface area contributed by atoms with Crippen LogP contribution >= 0.6 is 0 Å². The van der Waals surface area contributed by atoms with Crippen molar-refractivity contribution in [3.63, 3.8) is 0 Å². The molecule has 0 aromatic heterocycles. The molecule has 0 fully saturated rings. The Balaban J connectivity index is 2.89. The van der Waals surface area contributed by atoms with E-state index in [1.165, 1.54) is 17.0 Å². The summed E-state index contributed by atoms with van der Waals surface area (Å²) >= 11 is 0. The number of likely N-dealkylation sites (N-methyl/N-ethyl adjacent to an activating group) is 2. The Kier molecular flexibility index (Phi) is 5.29. The van der Waals surface area contributed by atoms with E-state index in [1.54, 1.807) is 13.8 Å². The number of nitrogens with zero attached hydrogens (tertiary/aromatic N) is 1. The summed E-state index contributed by atoms with van der Waals surface area (Å²) in [4.78, 5) is 24.9. The van der Waals surface area contributed by atoms with E-state index in [0.29, 0.717) is 18.8 Å². The molecular weight excluding hydrogens is 249 g/mol. The van der Waals surface area contributed by atoms with Crippen molar-refractivity contribution in [2.24, 2.45) is 0 Å². The SMILES string of the molecule is CCNC(=O)CN(CC)C(=O)c1cc(N)ccc1F. The summed E-state index contributed by atoms with van der Waals surface area (Å²) in [6.07, 6.45) is 0. The molecule has 1 rings (SSSR count). The Morgan fingerprint density at radius 1 is 1.37 bits per heavy atom. The summed E-state index contributed by atoms with van der Waals surface area (Å²) in [6.45, 7) is 4.20. The lowest BCUT2D eigenvalue weighted by atomic mass is 10.1. The Labute approximate surface area is 111 Å². The van der Waals surface area contributed by atoms with E-state index in [1.807, 2.05) is 0 Å². The van der Waals surface area contributed by atoms with Crippen LogP contribution in [-0.2, 0) is 4.79 Å². The molecule has 0 heterocycles. The number of rotatable bonds is 5. The van der Waals surface area contributed by atoms with Crippen LogP contribution in [0.3, 0.4) is 0 Å². The summed E-state index contributed by atoms with van der Waals surface area (Å²) in [5.41, 5.74) is 5.72. The summed E-state index contributed by atoms with van der Waals surface area (Å²) in [7, 11) is 0. The van der Waals surface area contributed by atoms with Gasteiger partial charge in [0.2, 0.25) is 5.91 Å². The van der Waals surface area contributed by atoms with Gasteiger partial charge in [0, 0.05) is 18.8 Å². The highest BCUT2D eigenvalue weighted by Crippen LogP contribution is 2.14. The number of nitrogens with two attached hydrogens (primary N) is 1. The molecule has 104 valence electrons. The maximum atomic E-state index is 13.6. The van der Waals surface area contributed by atoms with Crippen molar-refractivity contribution in [3.05, 3.63) is 29.6 Å². The van der Waals surface area contributed by atoms with Crippen LogP contribution in [0, 0.1) is 5.82 Å². The Morgan fingerprint density at radius 3 is 2.63 bits per heavy atom. The summed E-state index contributed by atoms with van der Waals surface area (Å²) in [5.74, 6) is -1.46. The van der Waals surface area contributed by atoms with Gasteiger partial charge in [-0.25, -0.2) is 4.39 Å². The molecule has 0 atom stereocenters. The molecule has 0 aliphatic heterocycles. The first kappa shape index (κ1) is 14.9. The number of carbonyl (C=O) groups excluding carboxylic acids is 2. The van der Waals surface area contributed by atoms with Gasteiger partial charge in [0.05, 0.1) is 12.1 Å². The third-order valence-electron chi connectivity index (χ3n) is 2.60. The normalized spacial score (nSPS) is 10.1. The third-order valence-corrected chi connectivity index (χ3v) is 2.60. The van der Waals surface area contributed by atoms with E-state index >= 15 is 0 Å². The van der Waals surface area contributed by atoms with E-state index in [-0.39, 0.29) is 18.0 Å². The number of hydrogen-bond acceptors (Lipinski definition) is 3. The fourth-order valence-corrected chi connectivity index (χ4v) is 1.63. The van der Waals surface area contributed by atoms with Crippen molar-refractivity contribution < 1.29 is 14.0 Å². The maximum absolute atomic E-state index is 13.6. The maximum Gasteiger partial charge on any atom is 0.257 e. The topological polar surface area (TPSA) is 75.4 Å². The number of hydrogen-bond donors (Lipinski definition) is 2. The molecule has 0 spiro atoms. The van der Waals surface area contributed by atoms with Crippen LogP contribution in [0.2, 0.25) is 0 Å². The van der Waals surface area contributed by atoms with Crippen molar-refractivity contribution in [2.45, 2.75) is 13.8 Å². The van der Waals surface area contributed by atoms with Gasteiger partial charge >= 0.3 is 0 Å². The number of nitrogen functional groups attached to an aromatic ring is 1. The molecule has 0 aliphatic rings. The van der Waals surface area contributed by atoms with Crippen molar-refractivity contribution in [2.75, 3.05) is 25.4 Å². The molecule has 6 heteroatoms. The lowest BCUT2D eigenvalue weighted by Gasteiger charge is -2.20. The molecule has 1 aromatic rings. The molecule has 0 saturated carbocycles. The first-order valence-electron chi connectivity index (χ1n) is 6.10. The standard InChI is InChI=1S/C13H18FN3O2/c1-3-16-12(18)8-17(4-2)13(19)10-7-9(15)5-6-11(10)14/h5-7H,3-4,8,15H2,1-2H3,(H,16,18). The second-order valence-electron chi connectivity index (χ2n) is 4.01. The third kappa shape index (κ3) is 3.94. The van der Waals surface area contributed by atoms with Gasteiger partial charge in [-0.3, -0.25) is 9.59 Å². The first-order chi connectivity index (χ1) is 8.99. The Morgan fingerprint density at radius 2 is 2.05 bits per heavy atom. The van der Waals surface area contributed by atoms with Gasteiger partial charge in [-0.15, -0.1) is 0 Å². The molecule has 2 amide bonds. The lowest BCUT2D eigenvalue weighted by molar-refractivity contribution is -0.121. The highest BCUT2D eigenvalue weighted by Gasteiger charge is 2.20. The second-order valence-corrected chi connectivity index (χ2v) is 4.01. The van der Waals surface area contributed by atoms with Crippen LogP contribution in [0.1, 0.15) is 24.2 Å². The van der Waals surface area contributed by atoms with Gasteiger partial charge in [0.15, 0.2) is 0 Å². The molecule has 0 bridgehead atoms. The Hall–Kier alpha value is -2.11. The zero-order valence-electron chi connectivity index (χ0n) is 11.1. The van der Waals surface area contributed by atoms with E-state index in [9.17, 15) is 14.0 Å². The van der Waals surface area contributed by atoms with Crippen LogP contribution in [-0.4, -0.2) is 36.3 Å². The average Bonchev–Trinajstić information content (AvgIpc) is 2.38. The Bertz CT molecular complexity index is 477. The molecule has 0 saturated heterocycles. The molecule has 0 aliphatic carbocycles. The quantitative estimate of drug-likeness (QED) is 0.782. The molecule has 19 heavy (non-hydrogen) atoms. The number of nitrogens with one attached hydrogen (secondary N) is 1. The van der Waals surface area contributed by atoms with Crippen LogP contribution in [0.5, 0.6) is 0 Å². The monoisotopic (exact) mass is 267 g/mol. The van der Waals surface area contributed by atoms with E-state index in [2.05, 4.69) is 5.32 Å². The van der Waals surface area contributed by atoms with Gasteiger partial charge in [-0.1, -0.05) is 0 Å². The zero-order chi connectivity index (χ0) is 14.4. The highest BCUT2D eigenvalue weighted by atomic mass is 19.1. The minimum atomic E-state index is -0.645. The van der Waals surface area contributed by atoms with E-state index in [4.69, 9.17) is 5.73 Å². The van der Waals surface area contributed by atoms with Crippen molar-refractivity contribution in [1.82, 2.24) is 10.2 Å². The minimum absolute atomic E-state index is 0.0998. The first-order valence-corrected chi connectivity index (χ1v) is 6.10. The average molecular weight is 267 g/mol. The number of amides is 2. The van der Waals surface area contributed by atoms with Crippen LogP contribution in [0.25, 0.3) is 0 Å². The van der Waals surface area contributed by atoms with Gasteiger partial charge in [-0.2, -0.15) is 0 Å². The second kappa shape index (κ2) is 6.72. The van der Waals surface area contributed by atoms with Gasteiger partial charge in [0.1, 0.15) is 5.82 Å². The predicted molar refractivity (Wildman–Crippen MR) is 71.1 cm³/mol. The van der Waals surface area contributed by atoms with Crippen LogP contribution in [0.15, 0.2) is 18.2 Å². The predicted octanol–water partition coefficient (Wildman–Crippen LogP) is 1.01. The highest BCUT2D eigenvalue weighted by molar-refractivity contribution is 5.97. The fraction of sp³-hybridized carbons (Fsp3) is 0.385. The van der Waals surface area contributed by atoms with Gasteiger partial charge < -0.3 is 16.0 Å². The molecular formula is C13H18FN3O2. The summed E-state index contributed by atoms with van der Waals surface area (Å²) in [5, 5.41) is 2.59. The number of carbonyl (C=O) groups is 2. The number of anilines is 1. The molecule has 5 nitrogen and oxygen atoms in total. The smallest absolute Gasteiger partial charge is 0.257 e. The number of benzene rings is 1. The van der Waals surface area contributed by atoms with E-state index in [0.717, 1.165) is 6.07 Å². The molecule has 3 N–H and O–H groups in total. The van der Waals surface area contributed by atoms with Crippen LogP contribution < -0.4 is 11.1 Å². The van der Waals surface area contributed by atoms with Crippen LogP contribution in [0.4, 0.5) is 10.1 Å². The molecule has 0 radical (unpaired) electrons. The largest absolute Gasteiger partial charge is 0.399 e. The lowest BCUT2D eigenvalue weighted by Crippen LogP contribution is -2.40. The fourth-order valence-electron chi connectivity index (χ4n) is 1.63. The minimum Gasteiger partial charge on any atom is -0.399 e. The summed E-state index contributed by atoms with van der Waals surface area (Å²) < 4.78 is 13.6. The van der Waals surface area contributed by atoms with E-state index < -0.39 is 11.7 Å². The van der Waals surface area contributed by atoms with Crippen molar-refractivity contribution in [1.29, 1.82) is 0 Å².